The zero-order chi connectivity index (χ0) is 14.2. The van der Waals surface area contributed by atoms with Crippen LogP contribution >= 0.6 is 11.6 Å². The van der Waals surface area contributed by atoms with Gasteiger partial charge in [0.15, 0.2) is 0 Å². The fourth-order valence-electron chi connectivity index (χ4n) is 1.98. The second kappa shape index (κ2) is 5.40. The summed E-state index contributed by atoms with van der Waals surface area (Å²) in [6.45, 7) is 1.87. The van der Waals surface area contributed by atoms with Crippen LogP contribution in [0.1, 0.15) is 18.4 Å². The van der Waals surface area contributed by atoms with Crippen molar-refractivity contribution in [2.24, 2.45) is 5.92 Å². The number of aliphatic hydroxyl groups excluding tert-OH is 1. The predicted molar refractivity (Wildman–Crippen MR) is 74.7 cm³/mol. The molecule has 0 aromatic heterocycles. The molecule has 0 amide bonds. The van der Waals surface area contributed by atoms with E-state index in [1.807, 2.05) is 0 Å². The van der Waals surface area contributed by atoms with Crippen molar-refractivity contribution in [2.45, 2.75) is 30.8 Å². The molecule has 1 aromatic carbocycles. The van der Waals surface area contributed by atoms with Gasteiger partial charge in [0, 0.05) is 13.6 Å². The number of aliphatic hydroxyl groups is 1. The number of nitrogens with zero attached hydrogens (tertiary/aromatic N) is 1. The van der Waals surface area contributed by atoms with Crippen LogP contribution < -0.4 is 0 Å². The number of hydrogen-bond donors (Lipinski definition) is 1. The average molecular weight is 304 g/mol. The molecule has 6 heteroatoms. The molecule has 0 saturated heterocycles. The van der Waals surface area contributed by atoms with Crippen LogP contribution in [0.25, 0.3) is 0 Å². The van der Waals surface area contributed by atoms with Gasteiger partial charge in [0.25, 0.3) is 0 Å². The van der Waals surface area contributed by atoms with E-state index in [0.717, 1.165) is 18.4 Å². The molecule has 2 rings (SSSR count). The Morgan fingerprint density at radius 3 is 2.68 bits per heavy atom. The summed E-state index contributed by atoms with van der Waals surface area (Å²) in [6.07, 6.45) is 1.35. The highest BCUT2D eigenvalue weighted by molar-refractivity contribution is 7.89. The summed E-state index contributed by atoms with van der Waals surface area (Å²) in [5.41, 5.74) is 0.721. The molecule has 1 fully saturated rings. The van der Waals surface area contributed by atoms with Gasteiger partial charge in [-0.2, -0.15) is 4.31 Å². The third-order valence-electron chi connectivity index (χ3n) is 3.45. The number of rotatable bonds is 5. The van der Waals surface area contributed by atoms with E-state index in [-0.39, 0.29) is 22.4 Å². The monoisotopic (exact) mass is 303 g/mol. The third kappa shape index (κ3) is 3.11. The molecule has 106 valence electrons. The van der Waals surface area contributed by atoms with Crippen molar-refractivity contribution in [1.29, 1.82) is 0 Å². The lowest BCUT2D eigenvalue weighted by Crippen LogP contribution is -2.35. The van der Waals surface area contributed by atoms with Gasteiger partial charge in [-0.15, -0.1) is 0 Å². The molecule has 1 aliphatic rings. The van der Waals surface area contributed by atoms with Gasteiger partial charge in [0.2, 0.25) is 10.0 Å². The Hall–Kier alpha value is -0.620. The Labute approximate surface area is 119 Å². The maximum atomic E-state index is 12.4. The highest BCUT2D eigenvalue weighted by Crippen LogP contribution is 2.34. The first kappa shape index (κ1) is 14.8. The molecule has 1 saturated carbocycles. The number of likely N-dealkylation sites (N-methyl/N-ethyl adjacent to an activating group) is 1. The Bertz CT molecular complexity index is 569. The third-order valence-corrected chi connectivity index (χ3v) is 5.93. The molecule has 0 spiro atoms. The summed E-state index contributed by atoms with van der Waals surface area (Å²) in [6, 6.07) is 4.92. The fraction of sp³-hybridized carbons (Fsp3) is 0.538. The van der Waals surface area contributed by atoms with Gasteiger partial charge < -0.3 is 5.11 Å². The summed E-state index contributed by atoms with van der Waals surface area (Å²) in [5, 5.41) is 10.1. The minimum Gasteiger partial charge on any atom is -0.391 e. The highest BCUT2D eigenvalue weighted by atomic mass is 35.5. The Balaban J connectivity index is 2.23. The molecule has 1 aliphatic carbocycles. The lowest BCUT2D eigenvalue weighted by atomic mass is 10.2. The van der Waals surface area contributed by atoms with Crippen LogP contribution in [0.4, 0.5) is 0 Å². The number of sulfonamides is 1. The first-order chi connectivity index (χ1) is 8.84. The van der Waals surface area contributed by atoms with Crippen LogP contribution in [0.3, 0.4) is 0 Å². The van der Waals surface area contributed by atoms with Crippen LogP contribution in [0, 0.1) is 12.8 Å². The van der Waals surface area contributed by atoms with Gasteiger partial charge in [-0.3, -0.25) is 0 Å². The zero-order valence-electron chi connectivity index (χ0n) is 11.0. The summed E-state index contributed by atoms with van der Waals surface area (Å²) in [4.78, 5) is 0.0969. The molecule has 0 heterocycles. The molecule has 0 radical (unpaired) electrons. The molecule has 1 N–H and O–H groups in total. The number of halogens is 1. The van der Waals surface area contributed by atoms with Crippen LogP contribution in [0.2, 0.25) is 5.02 Å². The molecule has 1 unspecified atom stereocenters. The maximum Gasteiger partial charge on any atom is 0.244 e. The van der Waals surface area contributed by atoms with Crippen molar-refractivity contribution in [1.82, 2.24) is 4.31 Å². The van der Waals surface area contributed by atoms with Crippen molar-refractivity contribution in [2.75, 3.05) is 13.6 Å². The van der Waals surface area contributed by atoms with Crippen LogP contribution in [-0.4, -0.2) is 37.5 Å². The Morgan fingerprint density at radius 2 is 2.11 bits per heavy atom. The SMILES string of the molecule is Cc1cccc(S(=O)(=O)N(C)CC(O)C2CC2)c1Cl. The first-order valence-corrected chi connectivity index (χ1v) is 8.05. The van der Waals surface area contributed by atoms with Gasteiger partial charge in [-0.1, -0.05) is 23.7 Å². The van der Waals surface area contributed by atoms with E-state index in [1.165, 1.54) is 17.4 Å². The predicted octanol–water partition coefficient (Wildman–Crippen LogP) is 2.04. The van der Waals surface area contributed by atoms with Crippen LogP contribution in [-0.2, 0) is 10.0 Å². The number of hydrogen-bond acceptors (Lipinski definition) is 3. The van der Waals surface area contributed by atoms with Crippen molar-refractivity contribution < 1.29 is 13.5 Å². The largest absolute Gasteiger partial charge is 0.391 e. The van der Waals surface area contributed by atoms with Gasteiger partial charge >= 0.3 is 0 Å². The van der Waals surface area contributed by atoms with E-state index in [4.69, 9.17) is 11.6 Å². The molecule has 1 aromatic rings. The van der Waals surface area contributed by atoms with Crippen molar-refractivity contribution >= 4 is 21.6 Å². The highest BCUT2D eigenvalue weighted by Gasteiger charge is 2.33. The van der Waals surface area contributed by atoms with Gasteiger partial charge in [0.1, 0.15) is 4.90 Å². The molecule has 0 aliphatic heterocycles. The zero-order valence-corrected chi connectivity index (χ0v) is 12.6. The van der Waals surface area contributed by atoms with Crippen LogP contribution in [0.15, 0.2) is 23.1 Å². The quantitative estimate of drug-likeness (QED) is 0.905. The van der Waals surface area contributed by atoms with E-state index in [9.17, 15) is 13.5 Å². The molecule has 4 nitrogen and oxygen atoms in total. The smallest absolute Gasteiger partial charge is 0.244 e. The fourth-order valence-corrected chi connectivity index (χ4v) is 3.72. The van der Waals surface area contributed by atoms with Crippen LogP contribution in [0.5, 0.6) is 0 Å². The lowest BCUT2D eigenvalue weighted by Gasteiger charge is -2.21. The maximum absolute atomic E-state index is 12.4. The van der Waals surface area contributed by atoms with Gasteiger partial charge in [-0.05, 0) is 37.3 Å². The Kier molecular flexibility index (Phi) is 4.20. The topological polar surface area (TPSA) is 57.6 Å². The molecule has 1 atom stereocenters. The summed E-state index contributed by atoms with van der Waals surface area (Å²) in [5.74, 6) is 0.241. The minimum atomic E-state index is -3.65. The minimum absolute atomic E-state index is 0.0969. The first-order valence-electron chi connectivity index (χ1n) is 6.23. The average Bonchev–Trinajstić information content (AvgIpc) is 3.16. The van der Waals surface area contributed by atoms with E-state index in [1.54, 1.807) is 19.1 Å². The second-order valence-electron chi connectivity index (χ2n) is 5.08. The van der Waals surface area contributed by atoms with E-state index >= 15 is 0 Å². The molecule has 0 bridgehead atoms. The summed E-state index contributed by atoms with van der Waals surface area (Å²) < 4.78 is 26.0. The summed E-state index contributed by atoms with van der Waals surface area (Å²) >= 11 is 6.06. The number of aryl methyl sites for hydroxylation is 1. The molecule has 19 heavy (non-hydrogen) atoms. The summed E-state index contributed by atoms with van der Waals surface area (Å²) in [7, 11) is -2.18. The second-order valence-corrected chi connectivity index (χ2v) is 7.47. The van der Waals surface area contributed by atoms with E-state index in [2.05, 4.69) is 0 Å². The van der Waals surface area contributed by atoms with Crippen molar-refractivity contribution in [3.63, 3.8) is 0 Å². The van der Waals surface area contributed by atoms with Crippen molar-refractivity contribution in [3.05, 3.63) is 28.8 Å². The molecular formula is C13H18ClNO3S. The van der Waals surface area contributed by atoms with E-state index < -0.39 is 16.1 Å². The number of benzene rings is 1. The Morgan fingerprint density at radius 1 is 1.47 bits per heavy atom. The standard InChI is InChI=1S/C13H18ClNO3S/c1-9-4-3-5-12(13(9)14)19(17,18)15(2)8-11(16)10-6-7-10/h3-5,10-11,16H,6-8H2,1-2H3. The normalized spacial score (nSPS) is 17.7. The van der Waals surface area contributed by atoms with Gasteiger partial charge in [0.05, 0.1) is 11.1 Å². The van der Waals surface area contributed by atoms with E-state index in [0.29, 0.717) is 0 Å². The van der Waals surface area contributed by atoms with Gasteiger partial charge in [-0.25, -0.2) is 8.42 Å². The van der Waals surface area contributed by atoms with Crippen molar-refractivity contribution in [3.8, 4) is 0 Å². The lowest BCUT2D eigenvalue weighted by molar-refractivity contribution is 0.131. The molecular weight excluding hydrogens is 286 g/mol.